The second-order valence-corrected chi connectivity index (χ2v) is 8.77. The van der Waals surface area contributed by atoms with Crippen LogP contribution < -0.4 is 9.47 Å². The zero-order valence-electron chi connectivity index (χ0n) is 21.6. The average molecular weight is 515 g/mol. The van der Waals surface area contributed by atoms with Gasteiger partial charge in [0.15, 0.2) is 0 Å². The average Bonchev–Trinajstić information content (AvgIpc) is 3.27. The van der Waals surface area contributed by atoms with Crippen molar-refractivity contribution >= 4 is 11.7 Å². The summed E-state index contributed by atoms with van der Waals surface area (Å²) in [7, 11) is 1.51. The Kier molecular flexibility index (Phi) is 8.77. The lowest BCUT2D eigenvalue weighted by Crippen LogP contribution is -2.13. The third-order valence-corrected chi connectivity index (χ3v) is 6.11. The highest BCUT2D eigenvalue weighted by molar-refractivity contribution is 6.01. The van der Waals surface area contributed by atoms with E-state index in [1.54, 1.807) is 6.92 Å². The van der Waals surface area contributed by atoms with Gasteiger partial charge in [0.2, 0.25) is 0 Å². The fourth-order valence-corrected chi connectivity index (χ4v) is 4.25. The van der Waals surface area contributed by atoms with Gasteiger partial charge in [0.1, 0.15) is 43.3 Å². The van der Waals surface area contributed by atoms with Crippen molar-refractivity contribution in [2.75, 3.05) is 13.7 Å². The second kappa shape index (κ2) is 12.6. The van der Waals surface area contributed by atoms with Gasteiger partial charge in [0.25, 0.3) is 0 Å². The minimum Gasteiger partial charge on any atom is -0.489 e. The quantitative estimate of drug-likeness (QED) is 0.185. The minimum atomic E-state index is -0.884. The SMILES string of the molecule is CON=C(COc1ccc(COc2ccc(C(CC(=O)O)c3c(C)noc3C)cc2)cc1)c1ccccc1. The number of hydrogen-bond acceptors (Lipinski definition) is 7. The van der Waals surface area contributed by atoms with Crippen LogP contribution in [0.3, 0.4) is 0 Å². The number of benzene rings is 3. The molecule has 8 heteroatoms. The predicted molar refractivity (Wildman–Crippen MR) is 143 cm³/mol. The number of carboxylic acid groups (broad SMARTS) is 1. The van der Waals surface area contributed by atoms with Crippen LogP contribution >= 0.6 is 0 Å². The Hall–Kier alpha value is -4.59. The first-order valence-corrected chi connectivity index (χ1v) is 12.2. The molecule has 1 heterocycles. The molecule has 1 N–H and O–H groups in total. The maximum absolute atomic E-state index is 11.5. The van der Waals surface area contributed by atoms with Crippen LogP contribution in [0.25, 0.3) is 0 Å². The Bertz CT molecular complexity index is 1340. The van der Waals surface area contributed by atoms with Gasteiger partial charge in [-0.2, -0.15) is 0 Å². The summed E-state index contributed by atoms with van der Waals surface area (Å²) in [5.74, 6) is 0.789. The van der Waals surface area contributed by atoms with Crippen LogP contribution in [0.4, 0.5) is 0 Å². The number of aromatic nitrogens is 1. The fraction of sp³-hybridized carbons (Fsp3) is 0.233. The smallest absolute Gasteiger partial charge is 0.304 e. The van der Waals surface area contributed by atoms with Gasteiger partial charge >= 0.3 is 5.97 Å². The van der Waals surface area contributed by atoms with E-state index in [9.17, 15) is 9.90 Å². The molecule has 0 aliphatic heterocycles. The van der Waals surface area contributed by atoms with Crippen LogP contribution in [0.15, 0.2) is 88.5 Å². The van der Waals surface area contributed by atoms with Gasteiger partial charge in [-0.15, -0.1) is 0 Å². The van der Waals surface area contributed by atoms with E-state index >= 15 is 0 Å². The zero-order valence-corrected chi connectivity index (χ0v) is 21.6. The van der Waals surface area contributed by atoms with Crippen LogP contribution in [0, 0.1) is 13.8 Å². The summed E-state index contributed by atoms with van der Waals surface area (Å²) in [6, 6.07) is 24.9. The third-order valence-electron chi connectivity index (χ3n) is 6.11. The van der Waals surface area contributed by atoms with Crippen molar-refractivity contribution in [3.05, 3.63) is 113 Å². The Balaban J connectivity index is 1.35. The molecular formula is C30H30N2O6. The molecule has 1 aromatic heterocycles. The van der Waals surface area contributed by atoms with E-state index in [-0.39, 0.29) is 18.9 Å². The van der Waals surface area contributed by atoms with Gasteiger partial charge in [0, 0.05) is 17.0 Å². The first kappa shape index (κ1) is 26.5. The Morgan fingerprint density at radius 2 is 1.61 bits per heavy atom. The number of oxime groups is 1. The molecule has 1 unspecified atom stereocenters. The molecule has 0 spiro atoms. The molecule has 1 atom stereocenters. The van der Waals surface area contributed by atoms with Crippen LogP contribution in [-0.2, 0) is 16.2 Å². The highest BCUT2D eigenvalue weighted by Gasteiger charge is 2.24. The first-order valence-electron chi connectivity index (χ1n) is 12.2. The first-order chi connectivity index (χ1) is 18.4. The topological polar surface area (TPSA) is 103 Å². The molecule has 4 aromatic rings. The van der Waals surface area contributed by atoms with Crippen molar-refractivity contribution in [2.24, 2.45) is 5.16 Å². The van der Waals surface area contributed by atoms with Gasteiger partial charge in [-0.3, -0.25) is 4.79 Å². The number of ether oxygens (including phenoxy) is 2. The molecule has 0 fully saturated rings. The third kappa shape index (κ3) is 6.79. The van der Waals surface area contributed by atoms with Crippen LogP contribution in [0.2, 0.25) is 0 Å². The van der Waals surface area contributed by atoms with E-state index in [0.29, 0.717) is 35.3 Å². The number of carbonyl (C=O) groups is 1. The number of carboxylic acids is 1. The molecule has 0 aliphatic rings. The summed E-state index contributed by atoms with van der Waals surface area (Å²) in [4.78, 5) is 16.5. The molecule has 38 heavy (non-hydrogen) atoms. The summed E-state index contributed by atoms with van der Waals surface area (Å²) in [5, 5.41) is 17.5. The summed E-state index contributed by atoms with van der Waals surface area (Å²) in [6.07, 6.45) is -0.0539. The fourth-order valence-electron chi connectivity index (χ4n) is 4.25. The highest BCUT2D eigenvalue weighted by Crippen LogP contribution is 2.33. The summed E-state index contributed by atoms with van der Waals surface area (Å²) in [5.41, 5.74) is 4.99. The number of hydrogen-bond donors (Lipinski definition) is 1. The maximum Gasteiger partial charge on any atom is 0.304 e. The lowest BCUT2D eigenvalue weighted by atomic mass is 9.87. The minimum absolute atomic E-state index is 0.0539. The number of nitrogens with zero attached hydrogens (tertiary/aromatic N) is 2. The van der Waals surface area contributed by atoms with E-state index in [0.717, 1.165) is 22.3 Å². The van der Waals surface area contributed by atoms with Gasteiger partial charge in [-0.1, -0.05) is 64.9 Å². The molecule has 8 nitrogen and oxygen atoms in total. The van der Waals surface area contributed by atoms with Crippen molar-refractivity contribution in [1.29, 1.82) is 0 Å². The van der Waals surface area contributed by atoms with Crippen LogP contribution in [0.1, 0.15) is 46.0 Å². The molecule has 0 saturated carbocycles. The molecular weight excluding hydrogens is 484 g/mol. The second-order valence-electron chi connectivity index (χ2n) is 8.77. The summed E-state index contributed by atoms with van der Waals surface area (Å²) >= 11 is 0. The van der Waals surface area contributed by atoms with Gasteiger partial charge in [-0.25, -0.2) is 0 Å². The van der Waals surface area contributed by atoms with Crippen LogP contribution in [0.5, 0.6) is 11.5 Å². The monoisotopic (exact) mass is 514 g/mol. The number of aliphatic carboxylic acids is 1. The number of aryl methyl sites for hydroxylation is 2. The van der Waals surface area contributed by atoms with Crippen LogP contribution in [-0.4, -0.2) is 35.7 Å². The van der Waals surface area contributed by atoms with E-state index in [2.05, 4.69) is 10.3 Å². The van der Waals surface area contributed by atoms with Crippen molar-refractivity contribution in [1.82, 2.24) is 5.16 Å². The Morgan fingerprint density at radius 3 is 2.21 bits per heavy atom. The van der Waals surface area contributed by atoms with Gasteiger partial charge in [-0.05, 0) is 49.2 Å². The summed E-state index contributed by atoms with van der Waals surface area (Å²) < 4.78 is 17.1. The molecule has 3 aromatic carbocycles. The molecule has 0 saturated heterocycles. The van der Waals surface area contributed by atoms with Crippen molar-refractivity contribution < 1.29 is 28.7 Å². The predicted octanol–water partition coefficient (Wildman–Crippen LogP) is 5.91. The zero-order chi connectivity index (χ0) is 26.9. The largest absolute Gasteiger partial charge is 0.489 e. The number of rotatable bonds is 12. The van der Waals surface area contributed by atoms with E-state index in [1.807, 2.05) is 85.8 Å². The van der Waals surface area contributed by atoms with Crippen molar-refractivity contribution in [2.45, 2.75) is 32.8 Å². The molecule has 4 rings (SSSR count). The molecule has 0 radical (unpaired) electrons. The van der Waals surface area contributed by atoms with E-state index < -0.39 is 5.97 Å². The van der Waals surface area contributed by atoms with Crippen molar-refractivity contribution in [3.63, 3.8) is 0 Å². The standard InChI is InChI=1S/C30H30N2O6/c1-20-30(21(2)38-31-20)27(17-29(33)34)23-11-15-26(16-12-23)36-18-22-9-13-25(14-10-22)37-19-28(32-35-3)24-7-5-4-6-8-24/h4-16,27H,17-19H2,1-3H3,(H,33,34). The summed E-state index contributed by atoms with van der Waals surface area (Å²) in [6.45, 7) is 4.27. The lowest BCUT2D eigenvalue weighted by Gasteiger charge is -2.16. The van der Waals surface area contributed by atoms with E-state index in [4.69, 9.17) is 18.8 Å². The normalized spacial score (nSPS) is 12.1. The maximum atomic E-state index is 11.5. The van der Waals surface area contributed by atoms with Gasteiger partial charge < -0.3 is 23.9 Å². The van der Waals surface area contributed by atoms with Gasteiger partial charge in [0.05, 0.1) is 12.1 Å². The van der Waals surface area contributed by atoms with Crippen molar-refractivity contribution in [3.8, 4) is 11.5 Å². The molecule has 196 valence electrons. The molecule has 0 bridgehead atoms. The molecule has 0 aliphatic carbocycles. The van der Waals surface area contributed by atoms with E-state index in [1.165, 1.54) is 7.11 Å². The Labute approximate surface area is 221 Å². The molecule has 0 amide bonds. The Morgan fingerprint density at radius 1 is 0.947 bits per heavy atom. The highest BCUT2D eigenvalue weighted by atomic mass is 16.6. The lowest BCUT2D eigenvalue weighted by molar-refractivity contribution is -0.137.